The third-order valence-corrected chi connectivity index (χ3v) is 4.11. The van der Waals surface area contributed by atoms with E-state index in [1.54, 1.807) is 12.1 Å². The van der Waals surface area contributed by atoms with Gasteiger partial charge in [0, 0.05) is 17.9 Å². The van der Waals surface area contributed by atoms with Crippen molar-refractivity contribution in [3.8, 4) is 0 Å². The van der Waals surface area contributed by atoms with Crippen molar-refractivity contribution in [2.75, 3.05) is 5.75 Å². The van der Waals surface area contributed by atoms with Crippen LogP contribution in [0.25, 0.3) is 0 Å². The fraction of sp³-hybridized carbons (Fsp3) is 0.429. The molecule has 120 valence electrons. The molecule has 1 heterocycles. The number of hydrogen-bond donors (Lipinski definition) is 1. The number of alkyl halides is 2. The van der Waals surface area contributed by atoms with Gasteiger partial charge in [-0.1, -0.05) is 12.1 Å². The highest BCUT2D eigenvalue weighted by Gasteiger charge is 2.50. The maximum absolute atomic E-state index is 13.0. The summed E-state index contributed by atoms with van der Waals surface area (Å²) in [5, 5.41) is 14.1. The maximum atomic E-state index is 13.0. The van der Waals surface area contributed by atoms with E-state index in [0.29, 0.717) is 16.3 Å². The Balaban J connectivity index is 1.94. The number of benzene rings is 1. The highest BCUT2D eigenvalue weighted by molar-refractivity contribution is 7.99. The molecule has 8 heteroatoms. The largest absolute Gasteiger partial charge is 0.364 e. The minimum absolute atomic E-state index is 0.137. The van der Waals surface area contributed by atoms with E-state index < -0.39 is 18.1 Å². The standard InChI is InChI=1S/C14H15F3N2O2S/c1-9-6-14(21,13(16)17)19(18-9)12(20)8-22-7-10-3-2-4-11(15)5-10/h2-5,13,21H,6-8H2,1H3. The lowest BCUT2D eigenvalue weighted by molar-refractivity contribution is -0.190. The van der Waals surface area contributed by atoms with Gasteiger partial charge in [-0.3, -0.25) is 4.79 Å². The number of rotatable bonds is 5. The summed E-state index contributed by atoms with van der Waals surface area (Å²) in [4.78, 5) is 12.0. The first-order chi connectivity index (χ1) is 10.3. The molecular weight excluding hydrogens is 317 g/mol. The molecule has 1 N–H and O–H groups in total. The van der Waals surface area contributed by atoms with Gasteiger partial charge in [-0.2, -0.15) is 10.1 Å². The van der Waals surface area contributed by atoms with Crippen molar-refractivity contribution >= 4 is 23.4 Å². The summed E-state index contributed by atoms with van der Waals surface area (Å²) < 4.78 is 39.0. The van der Waals surface area contributed by atoms with E-state index in [9.17, 15) is 23.1 Å². The lowest BCUT2D eigenvalue weighted by atomic mass is 10.1. The topological polar surface area (TPSA) is 52.9 Å². The van der Waals surface area contributed by atoms with Crippen molar-refractivity contribution < 1.29 is 23.1 Å². The number of halogens is 3. The Morgan fingerprint density at radius 2 is 2.27 bits per heavy atom. The second-order valence-corrected chi connectivity index (χ2v) is 6.01. The lowest BCUT2D eigenvalue weighted by Gasteiger charge is -2.29. The van der Waals surface area contributed by atoms with Crippen LogP contribution in [0.2, 0.25) is 0 Å². The molecule has 0 bridgehead atoms. The second-order valence-electron chi connectivity index (χ2n) is 5.02. The smallest absolute Gasteiger partial charge is 0.287 e. The number of thioether (sulfide) groups is 1. The number of carbonyl (C=O) groups is 1. The zero-order valence-corrected chi connectivity index (χ0v) is 12.6. The monoisotopic (exact) mass is 332 g/mol. The fourth-order valence-corrected chi connectivity index (χ4v) is 2.94. The molecule has 1 atom stereocenters. The second kappa shape index (κ2) is 6.70. The Hall–Kier alpha value is -1.54. The SMILES string of the molecule is CC1=NN(C(=O)CSCc2cccc(F)c2)C(O)(C(F)F)C1. The van der Waals surface area contributed by atoms with Crippen LogP contribution in [0.5, 0.6) is 0 Å². The summed E-state index contributed by atoms with van der Waals surface area (Å²) in [5.74, 6) is -0.868. The van der Waals surface area contributed by atoms with E-state index >= 15 is 0 Å². The van der Waals surface area contributed by atoms with Crippen LogP contribution in [-0.2, 0) is 10.5 Å². The number of amides is 1. The molecule has 1 aromatic rings. The van der Waals surface area contributed by atoms with Crippen molar-refractivity contribution in [2.45, 2.75) is 31.2 Å². The fourth-order valence-electron chi connectivity index (χ4n) is 2.13. The van der Waals surface area contributed by atoms with Crippen molar-refractivity contribution in [1.82, 2.24) is 5.01 Å². The molecule has 0 saturated heterocycles. The zero-order chi connectivity index (χ0) is 16.3. The molecule has 0 fully saturated rings. The molecule has 1 aliphatic heterocycles. The zero-order valence-electron chi connectivity index (χ0n) is 11.8. The third-order valence-electron chi connectivity index (χ3n) is 3.12. The molecule has 0 saturated carbocycles. The van der Waals surface area contributed by atoms with Crippen LogP contribution in [-0.4, -0.2) is 39.6 Å². The molecule has 1 amide bonds. The van der Waals surface area contributed by atoms with Crippen LogP contribution in [0.1, 0.15) is 18.9 Å². The highest BCUT2D eigenvalue weighted by atomic mass is 32.2. The molecule has 1 unspecified atom stereocenters. The summed E-state index contributed by atoms with van der Waals surface area (Å²) in [7, 11) is 0. The summed E-state index contributed by atoms with van der Waals surface area (Å²) in [5.41, 5.74) is -1.62. The third kappa shape index (κ3) is 3.61. The van der Waals surface area contributed by atoms with E-state index in [2.05, 4.69) is 5.10 Å². The Labute approximate surface area is 130 Å². The van der Waals surface area contributed by atoms with Crippen LogP contribution in [0.4, 0.5) is 13.2 Å². The summed E-state index contributed by atoms with van der Waals surface area (Å²) in [6.45, 7) is 1.47. The van der Waals surface area contributed by atoms with Crippen LogP contribution in [0.3, 0.4) is 0 Å². The van der Waals surface area contributed by atoms with E-state index in [-0.39, 0.29) is 23.7 Å². The van der Waals surface area contributed by atoms with E-state index in [1.807, 2.05) is 0 Å². The van der Waals surface area contributed by atoms with Crippen LogP contribution >= 0.6 is 11.8 Å². The van der Waals surface area contributed by atoms with Crippen LogP contribution in [0.15, 0.2) is 29.4 Å². The first kappa shape index (κ1) is 16.8. The van der Waals surface area contributed by atoms with E-state index in [4.69, 9.17) is 0 Å². The van der Waals surface area contributed by atoms with Crippen molar-refractivity contribution in [3.63, 3.8) is 0 Å². The maximum Gasteiger partial charge on any atom is 0.287 e. The Kier molecular flexibility index (Phi) is 5.12. The van der Waals surface area contributed by atoms with Gasteiger partial charge in [-0.25, -0.2) is 13.2 Å². The number of hydrogen-bond acceptors (Lipinski definition) is 4. The summed E-state index contributed by atoms with van der Waals surface area (Å²) in [6, 6.07) is 5.90. The minimum atomic E-state index is -3.11. The normalized spacial score (nSPS) is 21.4. The molecule has 22 heavy (non-hydrogen) atoms. The Morgan fingerprint density at radius 3 is 2.91 bits per heavy atom. The lowest BCUT2D eigenvalue weighted by Crippen LogP contribution is -2.52. The minimum Gasteiger partial charge on any atom is -0.364 e. The average Bonchev–Trinajstić information content (AvgIpc) is 2.75. The van der Waals surface area contributed by atoms with Gasteiger partial charge >= 0.3 is 0 Å². The summed E-state index contributed by atoms with van der Waals surface area (Å²) in [6.07, 6.45) is -3.48. The molecule has 1 aromatic carbocycles. The summed E-state index contributed by atoms with van der Waals surface area (Å²) >= 11 is 1.14. The molecule has 1 aliphatic rings. The number of aliphatic hydroxyl groups is 1. The predicted octanol–water partition coefficient (Wildman–Crippen LogP) is 2.62. The Morgan fingerprint density at radius 1 is 1.55 bits per heavy atom. The van der Waals surface area contributed by atoms with Gasteiger partial charge < -0.3 is 5.11 Å². The molecular formula is C14H15F3N2O2S. The predicted molar refractivity (Wildman–Crippen MR) is 78.1 cm³/mol. The van der Waals surface area contributed by atoms with E-state index in [1.165, 1.54) is 19.1 Å². The van der Waals surface area contributed by atoms with Gasteiger partial charge in [0.25, 0.3) is 12.3 Å². The first-order valence-electron chi connectivity index (χ1n) is 6.53. The molecule has 0 radical (unpaired) electrons. The van der Waals surface area contributed by atoms with Crippen molar-refractivity contribution in [1.29, 1.82) is 0 Å². The van der Waals surface area contributed by atoms with Crippen molar-refractivity contribution in [3.05, 3.63) is 35.6 Å². The van der Waals surface area contributed by atoms with Gasteiger partial charge in [-0.05, 0) is 24.6 Å². The van der Waals surface area contributed by atoms with Gasteiger partial charge in [0.2, 0.25) is 5.72 Å². The number of nitrogens with zero attached hydrogens (tertiary/aromatic N) is 2. The molecule has 0 aliphatic carbocycles. The van der Waals surface area contributed by atoms with E-state index in [0.717, 1.165) is 11.8 Å². The van der Waals surface area contributed by atoms with Crippen molar-refractivity contribution in [2.24, 2.45) is 5.10 Å². The van der Waals surface area contributed by atoms with Gasteiger partial charge in [0.1, 0.15) is 5.82 Å². The molecule has 4 nitrogen and oxygen atoms in total. The molecule has 0 spiro atoms. The Bertz CT molecular complexity index is 597. The number of carbonyl (C=O) groups excluding carboxylic acids is 1. The van der Waals surface area contributed by atoms with Gasteiger partial charge in [0.15, 0.2) is 0 Å². The van der Waals surface area contributed by atoms with Gasteiger partial charge in [0.05, 0.1) is 5.75 Å². The number of hydrazone groups is 1. The first-order valence-corrected chi connectivity index (χ1v) is 7.68. The highest BCUT2D eigenvalue weighted by Crippen LogP contribution is 2.31. The van der Waals surface area contributed by atoms with Crippen LogP contribution in [0, 0.1) is 5.82 Å². The quantitative estimate of drug-likeness (QED) is 0.902. The van der Waals surface area contributed by atoms with Gasteiger partial charge in [-0.15, -0.1) is 11.8 Å². The van der Waals surface area contributed by atoms with Crippen LogP contribution < -0.4 is 0 Å². The molecule has 0 aromatic heterocycles. The molecule has 2 rings (SSSR count). The average molecular weight is 332 g/mol.